The van der Waals surface area contributed by atoms with Gasteiger partial charge in [-0.1, -0.05) is 34.1 Å². The Morgan fingerprint density at radius 2 is 1.83 bits per heavy atom. The van der Waals surface area contributed by atoms with Crippen LogP contribution in [0.15, 0.2) is 0 Å². The molecule has 0 aromatic carbocycles. The highest BCUT2D eigenvalue weighted by Gasteiger charge is 2.28. The zero-order chi connectivity index (χ0) is 14.6. The molecule has 0 saturated heterocycles. The van der Waals surface area contributed by atoms with Gasteiger partial charge in [-0.2, -0.15) is 0 Å². The minimum absolute atomic E-state index is 0.0289. The van der Waals surface area contributed by atoms with Crippen LogP contribution < -0.4 is 0 Å². The molecule has 1 aliphatic carbocycles. The van der Waals surface area contributed by atoms with Crippen LogP contribution in [0.2, 0.25) is 0 Å². The average Bonchev–Trinajstić information content (AvgIpc) is 2.33. The van der Waals surface area contributed by atoms with Crippen molar-refractivity contribution in [3.8, 4) is 0 Å². The molecule has 0 amide bonds. The van der Waals surface area contributed by atoms with Gasteiger partial charge >= 0.3 is 0 Å². The van der Waals surface area contributed by atoms with Gasteiger partial charge in [0.05, 0.1) is 18.0 Å². The lowest BCUT2D eigenvalue weighted by Crippen LogP contribution is -2.31. The molecule has 1 aliphatic rings. The van der Waals surface area contributed by atoms with Crippen LogP contribution in [-0.2, 0) is 4.74 Å². The van der Waals surface area contributed by atoms with Crippen LogP contribution in [0.1, 0.15) is 53.4 Å². The standard InChI is InChI=1S/C10H20O.C4H10O.ClHO/c1-7(2)9-5-4-8(3)6-10(9)11;1-3-4-5-2;1-2/h7-11H,4-6H2,1-3H3;3-4H2,1-2H3;2H. The molecule has 0 radical (unpaired) electrons. The topological polar surface area (TPSA) is 49.7 Å². The minimum atomic E-state index is -0.0289. The molecule has 2 N–H and O–H groups in total. The molecule has 18 heavy (non-hydrogen) atoms. The third-order valence-electron chi connectivity index (χ3n) is 3.40. The Morgan fingerprint density at radius 1 is 1.28 bits per heavy atom. The van der Waals surface area contributed by atoms with Crippen molar-refractivity contribution >= 4 is 11.9 Å². The summed E-state index contributed by atoms with van der Waals surface area (Å²) < 4.78 is 11.2. The maximum Gasteiger partial charge on any atom is 0.0579 e. The second-order valence-electron chi connectivity index (χ2n) is 5.39. The third kappa shape index (κ3) is 10.1. The first kappa shape index (κ1) is 20.5. The molecule has 1 saturated carbocycles. The molecule has 112 valence electrons. The summed E-state index contributed by atoms with van der Waals surface area (Å²) in [6, 6.07) is 0. The summed E-state index contributed by atoms with van der Waals surface area (Å²) in [5, 5.41) is 9.71. The third-order valence-corrected chi connectivity index (χ3v) is 3.40. The van der Waals surface area contributed by atoms with E-state index in [0.717, 1.165) is 25.4 Å². The number of rotatable bonds is 3. The Labute approximate surface area is 118 Å². The number of aliphatic hydroxyl groups is 1. The summed E-state index contributed by atoms with van der Waals surface area (Å²) >= 11 is 3.64. The van der Waals surface area contributed by atoms with Gasteiger partial charge in [-0.3, -0.25) is 4.66 Å². The molecule has 0 aromatic heterocycles. The Morgan fingerprint density at radius 3 is 2.11 bits per heavy atom. The van der Waals surface area contributed by atoms with E-state index in [1.807, 2.05) is 0 Å². The Hall–Kier alpha value is 0.170. The predicted octanol–water partition coefficient (Wildman–Crippen LogP) is 3.61. The van der Waals surface area contributed by atoms with Gasteiger partial charge < -0.3 is 9.84 Å². The molecule has 4 heteroatoms. The molecule has 1 rings (SSSR count). The van der Waals surface area contributed by atoms with Crippen molar-refractivity contribution in [3.05, 3.63) is 0 Å². The van der Waals surface area contributed by atoms with Crippen molar-refractivity contribution in [2.45, 2.75) is 59.5 Å². The van der Waals surface area contributed by atoms with Crippen LogP contribution in [0.5, 0.6) is 0 Å². The van der Waals surface area contributed by atoms with Gasteiger partial charge in [-0.05, 0) is 37.0 Å². The molecule has 3 atom stereocenters. The first-order valence-electron chi connectivity index (χ1n) is 6.86. The number of ether oxygens (including phenoxy) is 1. The highest BCUT2D eigenvalue weighted by atomic mass is 35.5. The normalized spacial score (nSPS) is 26.8. The van der Waals surface area contributed by atoms with E-state index in [2.05, 4.69) is 39.6 Å². The molecule has 1 fully saturated rings. The maximum absolute atomic E-state index is 9.71. The summed E-state index contributed by atoms with van der Waals surface area (Å²) in [6.07, 6.45) is 4.64. The van der Waals surface area contributed by atoms with E-state index in [4.69, 9.17) is 9.40 Å². The lowest BCUT2D eigenvalue weighted by atomic mass is 9.75. The van der Waals surface area contributed by atoms with Gasteiger partial charge in [0.15, 0.2) is 0 Å². The molecule has 0 spiro atoms. The van der Waals surface area contributed by atoms with Crippen LogP contribution >= 0.6 is 11.9 Å². The average molecular weight is 283 g/mol. The first-order chi connectivity index (χ1) is 8.52. The van der Waals surface area contributed by atoms with Crippen LogP contribution in [0.4, 0.5) is 0 Å². The van der Waals surface area contributed by atoms with Crippen molar-refractivity contribution in [1.29, 1.82) is 0 Å². The summed E-state index contributed by atoms with van der Waals surface area (Å²) in [4.78, 5) is 0. The lowest BCUT2D eigenvalue weighted by Gasteiger charge is -2.33. The summed E-state index contributed by atoms with van der Waals surface area (Å²) in [5.74, 6) is 1.95. The largest absolute Gasteiger partial charge is 0.393 e. The SMILES string of the molecule is CC1CCC(C(C)C)C(O)C1.CCCOC.OCl. The van der Waals surface area contributed by atoms with Crippen LogP contribution in [0, 0.1) is 17.8 Å². The van der Waals surface area contributed by atoms with E-state index in [1.54, 1.807) is 7.11 Å². The second-order valence-corrected chi connectivity index (χ2v) is 5.39. The Bertz CT molecular complexity index is 163. The fraction of sp³-hybridized carbons (Fsp3) is 1.00. The van der Waals surface area contributed by atoms with E-state index in [-0.39, 0.29) is 6.10 Å². The van der Waals surface area contributed by atoms with E-state index in [1.165, 1.54) is 12.8 Å². The van der Waals surface area contributed by atoms with Gasteiger partial charge in [0.1, 0.15) is 0 Å². The smallest absolute Gasteiger partial charge is 0.0579 e. The molecule has 0 aliphatic heterocycles. The fourth-order valence-corrected chi connectivity index (χ4v) is 2.36. The number of halogens is 1. The zero-order valence-electron chi connectivity index (χ0n) is 12.5. The molecule has 0 aromatic rings. The van der Waals surface area contributed by atoms with E-state index in [9.17, 15) is 5.11 Å². The Kier molecular flexibility index (Phi) is 15.5. The van der Waals surface area contributed by atoms with Gasteiger partial charge in [0, 0.05) is 13.7 Å². The van der Waals surface area contributed by atoms with Crippen molar-refractivity contribution in [3.63, 3.8) is 0 Å². The van der Waals surface area contributed by atoms with Gasteiger partial charge in [-0.15, -0.1) is 0 Å². The quantitative estimate of drug-likeness (QED) is 0.831. The van der Waals surface area contributed by atoms with Crippen LogP contribution in [0.25, 0.3) is 0 Å². The zero-order valence-corrected chi connectivity index (χ0v) is 13.3. The lowest BCUT2D eigenvalue weighted by molar-refractivity contribution is 0.0266. The molecular formula is C14H31ClO3. The van der Waals surface area contributed by atoms with Crippen LogP contribution in [0.3, 0.4) is 0 Å². The minimum Gasteiger partial charge on any atom is -0.393 e. The van der Waals surface area contributed by atoms with Gasteiger partial charge in [0.25, 0.3) is 0 Å². The molecular weight excluding hydrogens is 252 g/mol. The fourth-order valence-electron chi connectivity index (χ4n) is 2.36. The summed E-state index contributed by atoms with van der Waals surface area (Å²) in [6.45, 7) is 9.64. The molecule has 3 nitrogen and oxygen atoms in total. The predicted molar refractivity (Wildman–Crippen MR) is 77.6 cm³/mol. The van der Waals surface area contributed by atoms with Crippen molar-refractivity contribution in [1.82, 2.24) is 0 Å². The molecule has 3 unspecified atom stereocenters. The summed E-state index contributed by atoms with van der Waals surface area (Å²) in [5.41, 5.74) is 0. The van der Waals surface area contributed by atoms with Crippen LogP contribution in [-0.4, -0.2) is 29.6 Å². The van der Waals surface area contributed by atoms with Crippen molar-refractivity contribution in [2.24, 2.45) is 17.8 Å². The second kappa shape index (κ2) is 13.6. The number of methoxy groups -OCH3 is 1. The number of aliphatic hydroxyl groups excluding tert-OH is 1. The Balaban J connectivity index is 0. The molecule has 0 bridgehead atoms. The monoisotopic (exact) mass is 282 g/mol. The number of hydrogen-bond donors (Lipinski definition) is 2. The maximum atomic E-state index is 9.71. The molecule has 0 heterocycles. The van der Waals surface area contributed by atoms with Gasteiger partial charge in [-0.25, -0.2) is 0 Å². The highest BCUT2D eigenvalue weighted by Crippen LogP contribution is 2.33. The van der Waals surface area contributed by atoms with E-state index < -0.39 is 0 Å². The summed E-state index contributed by atoms with van der Waals surface area (Å²) in [7, 11) is 1.71. The van der Waals surface area contributed by atoms with Gasteiger partial charge in [0.2, 0.25) is 0 Å². The van der Waals surface area contributed by atoms with E-state index in [0.29, 0.717) is 11.8 Å². The van der Waals surface area contributed by atoms with Crippen molar-refractivity contribution in [2.75, 3.05) is 13.7 Å². The van der Waals surface area contributed by atoms with E-state index >= 15 is 0 Å². The first-order valence-corrected chi connectivity index (χ1v) is 7.20. The highest BCUT2D eigenvalue weighted by molar-refractivity contribution is 6.04. The van der Waals surface area contributed by atoms with Crippen molar-refractivity contribution < 1.29 is 14.5 Å². The number of hydrogen-bond acceptors (Lipinski definition) is 3.